The highest BCUT2D eigenvalue weighted by Gasteiger charge is 2.27. The summed E-state index contributed by atoms with van der Waals surface area (Å²) in [6.45, 7) is 12.1. The van der Waals surface area contributed by atoms with Gasteiger partial charge in [0.2, 0.25) is 5.91 Å². The molecule has 0 aliphatic carbocycles. The van der Waals surface area contributed by atoms with Crippen molar-refractivity contribution in [2.75, 3.05) is 19.6 Å². The highest BCUT2D eigenvalue weighted by molar-refractivity contribution is 8.36. The number of amides is 1. The zero-order chi connectivity index (χ0) is 17.8. The quantitative estimate of drug-likeness (QED) is 0.783. The second kappa shape index (κ2) is 7.53. The summed E-state index contributed by atoms with van der Waals surface area (Å²) in [7, 11) is 0.516. The Morgan fingerprint density at radius 3 is 1.91 bits per heavy atom. The van der Waals surface area contributed by atoms with Crippen LogP contribution in [0.25, 0.3) is 0 Å². The molecule has 0 rings (SSSR count). The number of rotatable bonds is 5. The number of esters is 1. The van der Waals surface area contributed by atoms with E-state index in [4.69, 9.17) is 4.74 Å². The molecule has 130 valence electrons. The average molecular weight is 332 g/mol. The van der Waals surface area contributed by atoms with Crippen LogP contribution in [0.5, 0.6) is 0 Å². The van der Waals surface area contributed by atoms with E-state index in [0.29, 0.717) is 0 Å². The Balaban J connectivity index is 5.31. The van der Waals surface area contributed by atoms with E-state index in [1.165, 1.54) is 0 Å². The second-order valence-electron chi connectivity index (χ2n) is 7.91. The molecule has 0 aliphatic rings. The monoisotopic (exact) mass is 331 g/mol. The van der Waals surface area contributed by atoms with E-state index in [9.17, 15) is 9.59 Å². The van der Waals surface area contributed by atoms with Crippen molar-refractivity contribution in [2.45, 2.75) is 64.7 Å². The van der Waals surface area contributed by atoms with E-state index in [2.05, 4.69) is 44.0 Å². The number of hydrogen-bond donors (Lipinski definition) is 1. The largest absolute Gasteiger partial charge is 0.460 e. The first-order chi connectivity index (χ1) is 9.68. The molecule has 0 aromatic rings. The SMILES string of the molecule is CNC(=O)C/C(=C\S(C)(C)C(C)(C)C)CC(=O)OC(C)(C)C. The van der Waals surface area contributed by atoms with Crippen LogP contribution in [-0.2, 0) is 14.3 Å². The molecule has 0 aromatic heterocycles. The minimum atomic E-state index is -1.09. The van der Waals surface area contributed by atoms with Crippen molar-refractivity contribution in [3.05, 3.63) is 11.0 Å². The minimum absolute atomic E-state index is 0.0843. The van der Waals surface area contributed by atoms with Gasteiger partial charge in [-0.05, 0) is 49.0 Å². The zero-order valence-electron chi connectivity index (χ0n) is 15.6. The maximum atomic E-state index is 12.1. The van der Waals surface area contributed by atoms with Gasteiger partial charge in [0.25, 0.3) is 0 Å². The van der Waals surface area contributed by atoms with Gasteiger partial charge in [-0.3, -0.25) is 9.59 Å². The van der Waals surface area contributed by atoms with Crippen LogP contribution in [0.3, 0.4) is 0 Å². The molecule has 0 unspecified atom stereocenters. The predicted molar refractivity (Wildman–Crippen MR) is 96.4 cm³/mol. The highest BCUT2D eigenvalue weighted by Crippen LogP contribution is 2.55. The van der Waals surface area contributed by atoms with Gasteiger partial charge in [-0.15, -0.1) is 0 Å². The standard InChI is InChI=1S/C17H33NO3S/c1-16(2,3)21-15(20)11-13(10-14(19)18-7)12-22(8,9)17(4,5)6/h12H,10-11H2,1-9H3,(H,18,19)/b13-12+. The topological polar surface area (TPSA) is 55.4 Å². The van der Waals surface area contributed by atoms with Gasteiger partial charge in [0.15, 0.2) is 0 Å². The van der Waals surface area contributed by atoms with Crippen molar-refractivity contribution in [3.8, 4) is 0 Å². The molecule has 0 saturated heterocycles. The van der Waals surface area contributed by atoms with Gasteiger partial charge in [0.1, 0.15) is 5.60 Å². The maximum Gasteiger partial charge on any atom is 0.310 e. The molecule has 0 spiro atoms. The van der Waals surface area contributed by atoms with Gasteiger partial charge in [0, 0.05) is 13.5 Å². The average Bonchev–Trinajstić information content (AvgIpc) is 2.23. The van der Waals surface area contributed by atoms with Crippen molar-refractivity contribution in [2.24, 2.45) is 0 Å². The van der Waals surface area contributed by atoms with Crippen LogP contribution in [0, 0.1) is 0 Å². The molecule has 1 amide bonds. The molecule has 4 nitrogen and oxygen atoms in total. The molecular weight excluding hydrogens is 298 g/mol. The molecule has 0 radical (unpaired) electrons. The predicted octanol–water partition coefficient (Wildman–Crippen LogP) is 3.60. The fourth-order valence-corrected chi connectivity index (χ4v) is 2.95. The fraction of sp³-hybridized carbons (Fsp3) is 0.765. The third-order valence-corrected chi connectivity index (χ3v) is 7.58. The first-order valence-electron chi connectivity index (χ1n) is 7.53. The smallest absolute Gasteiger partial charge is 0.310 e. The molecule has 5 heteroatoms. The highest BCUT2D eigenvalue weighted by atomic mass is 32.3. The van der Waals surface area contributed by atoms with E-state index in [1.54, 1.807) is 7.05 Å². The Labute approximate surface area is 137 Å². The fourth-order valence-electron chi connectivity index (χ4n) is 1.60. The first kappa shape index (κ1) is 21.0. The molecule has 0 aliphatic heterocycles. The zero-order valence-corrected chi connectivity index (χ0v) is 16.4. The molecule has 22 heavy (non-hydrogen) atoms. The Bertz CT molecular complexity index is 440. The number of carbonyl (C=O) groups is 2. The molecule has 0 saturated carbocycles. The van der Waals surface area contributed by atoms with Crippen LogP contribution in [0.15, 0.2) is 11.0 Å². The summed E-state index contributed by atoms with van der Waals surface area (Å²) >= 11 is 0. The minimum Gasteiger partial charge on any atom is -0.460 e. The lowest BCUT2D eigenvalue weighted by Crippen LogP contribution is -2.26. The Morgan fingerprint density at radius 2 is 1.55 bits per heavy atom. The third kappa shape index (κ3) is 7.87. The molecule has 0 heterocycles. The van der Waals surface area contributed by atoms with E-state index in [-0.39, 0.29) is 29.5 Å². The summed E-state index contributed by atoms with van der Waals surface area (Å²) in [6, 6.07) is 0. The summed E-state index contributed by atoms with van der Waals surface area (Å²) in [6.07, 6.45) is 4.80. The summed E-state index contributed by atoms with van der Waals surface area (Å²) in [4.78, 5) is 23.8. The lowest BCUT2D eigenvalue weighted by molar-refractivity contribution is -0.153. The van der Waals surface area contributed by atoms with Crippen LogP contribution >= 0.6 is 10.0 Å². The first-order valence-corrected chi connectivity index (χ1v) is 10.0. The van der Waals surface area contributed by atoms with Crippen molar-refractivity contribution in [1.82, 2.24) is 5.32 Å². The van der Waals surface area contributed by atoms with Crippen molar-refractivity contribution in [3.63, 3.8) is 0 Å². The lowest BCUT2D eigenvalue weighted by Gasteiger charge is -2.42. The lowest BCUT2D eigenvalue weighted by atomic mass is 10.1. The molecule has 1 N–H and O–H groups in total. The van der Waals surface area contributed by atoms with Crippen LogP contribution < -0.4 is 5.32 Å². The Kier molecular flexibility index (Phi) is 7.20. The van der Waals surface area contributed by atoms with Gasteiger partial charge >= 0.3 is 5.97 Å². The van der Waals surface area contributed by atoms with Crippen LogP contribution in [-0.4, -0.2) is 41.8 Å². The van der Waals surface area contributed by atoms with Crippen molar-refractivity contribution in [1.29, 1.82) is 0 Å². The van der Waals surface area contributed by atoms with Crippen LogP contribution in [0.1, 0.15) is 54.4 Å². The van der Waals surface area contributed by atoms with E-state index < -0.39 is 15.6 Å². The van der Waals surface area contributed by atoms with Crippen molar-refractivity contribution >= 4 is 21.9 Å². The summed E-state index contributed by atoms with van der Waals surface area (Å²) in [5.74, 6) is -0.370. The Morgan fingerprint density at radius 1 is 1.05 bits per heavy atom. The molecule has 0 aromatic carbocycles. The number of nitrogens with one attached hydrogen (secondary N) is 1. The van der Waals surface area contributed by atoms with Gasteiger partial charge in [-0.25, -0.2) is 10.0 Å². The normalized spacial score (nSPS) is 14.5. The molecule has 0 fully saturated rings. The van der Waals surface area contributed by atoms with E-state index >= 15 is 0 Å². The van der Waals surface area contributed by atoms with Gasteiger partial charge in [-0.2, -0.15) is 0 Å². The summed E-state index contributed by atoms with van der Waals surface area (Å²) in [5.41, 5.74) is 0.324. The maximum absolute atomic E-state index is 12.1. The van der Waals surface area contributed by atoms with Crippen LogP contribution in [0.2, 0.25) is 0 Å². The van der Waals surface area contributed by atoms with Crippen molar-refractivity contribution < 1.29 is 14.3 Å². The van der Waals surface area contributed by atoms with E-state index in [1.807, 2.05) is 20.8 Å². The van der Waals surface area contributed by atoms with Gasteiger partial charge in [-0.1, -0.05) is 20.8 Å². The Hall–Kier alpha value is -0.970. The molecule has 0 bridgehead atoms. The third-order valence-electron chi connectivity index (χ3n) is 3.50. The van der Waals surface area contributed by atoms with E-state index in [0.717, 1.165) is 5.57 Å². The number of ether oxygens (including phenoxy) is 1. The number of hydrogen-bond acceptors (Lipinski definition) is 3. The van der Waals surface area contributed by atoms with Gasteiger partial charge < -0.3 is 10.1 Å². The number of carbonyl (C=O) groups excluding carboxylic acids is 2. The van der Waals surface area contributed by atoms with Gasteiger partial charge in [0.05, 0.1) is 6.42 Å². The molecule has 0 atom stereocenters. The summed E-state index contributed by atoms with van der Waals surface area (Å²) in [5, 5.41) is 4.75. The van der Waals surface area contributed by atoms with Crippen LogP contribution in [0.4, 0.5) is 0 Å². The molecular formula is C17H33NO3S. The second-order valence-corrected chi connectivity index (χ2v) is 12.2. The summed E-state index contributed by atoms with van der Waals surface area (Å²) < 4.78 is 5.49.